The largest absolute Gasteiger partial charge is 0.369 e. The number of anilines is 1. The van der Waals surface area contributed by atoms with Crippen molar-refractivity contribution in [3.63, 3.8) is 0 Å². The summed E-state index contributed by atoms with van der Waals surface area (Å²) in [6.45, 7) is 0. The van der Waals surface area contributed by atoms with Gasteiger partial charge in [-0.25, -0.2) is 4.39 Å². The number of rotatable bonds is 7. The second kappa shape index (κ2) is 8.59. The smallest absolute Gasteiger partial charge is 0.234 e. The van der Waals surface area contributed by atoms with Gasteiger partial charge in [-0.15, -0.1) is 23.5 Å². The molecular weight excluding hydrogens is 335 g/mol. The Morgan fingerprint density at radius 2 is 1.57 bits per heavy atom. The van der Waals surface area contributed by atoms with E-state index in [1.165, 1.54) is 17.8 Å². The van der Waals surface area contributed by atoms with E-state index in [0.717, 1.165) is 16.7 Å². The highest BCUT2D eigenvalue weighted by Crippen LogP contribution is 2.27. The first-order valence-electron chi connectivity index (χ1n) is 6.73. The number of primary amides is 1. The van der Waals surface area contributed by atoms with E-state index in [4.69, 9.17) is 5.73 Å². The third kappa shape index (κ3) is 5.61. The van der Waals surface area contributed by atoms with Crippen LogP contribution >= 0.6 is 23.5 Å². The molecule has 0 saturated heterocycles. The standard InChI is InChI=1S/C16H15FN2O2S2/c17-11-5-1-3-7-13(11)23-10-16(21)19-12-6-2-4-8-14(12)22-9-15(18)20/h1-8H,9-10H2,(H2,18,20)(H,19,21). The number of nitrogens with two attached hydrogens (primary N) is 1. The van der Waals surface area contributed by atoms with Gasteiger partial charge < -0.3 is 11.1 Å². The van der Waals surface area contributed by atoms with Crippen molar-refractivity contribution in [1.82, 2.24) is 0 Å². The van der Waals surface area contributed by atoms with Crippen LogP contribution in [-0.4, -0.2) is 23.3 Å². The molecule has 3 N–H and O–H groups in total. The summed E-state index contributed by atoms with van der Waals surface area (Å²) in [5, 5.41) is 2.77. The van der Waals surface area contributed by atoms with Crippen LogP contribution in [0, 0.1) is 5.82 Å². The molecule has 0 fully saturated rings. The van der Waals surface area contributed by atoms with Crippen LogP contribution in [0.2, 0.25) is 0 Å². The number of halogens is 1. The van der Waals surface area contributed by atoms with Gasteiger partial charge in [0.05, 0.1) is 17.2 Å². The topological polar surface area (TPSA) is 72.2 Å². The Hall–Kier alpha value is -1.99. The fraction of sp³-hybridized carbons (Fsp3) is 0.125. The van der Waals surface area contributed by atoms with Gasteiger partial charge in [0.1, 0.15) is 5.82 Å². The molecular formula is C16H15FN2O2S2. The van der Waals surface area contributed by atoms with Gasteiger partial charge in [-0.1, -0.05) is 24.3 Å². The van der Waals surface area contributed by atoms with Crippen molar-refractivity contribution >= 4 is 41.0 Å². The number of carbonyl (C=O) groups is 2. The molecule has 0 aliphatic carbocycles. The number of hydrogen-bond acceptors (Lipinski definition) is 4. The van der Waals surface area contributed by atoms with Gasteiger partial charge in [0.2, 0.25) is 11.8 Å². The van der Waals surface area contributed by atoms with Crippen LogP contribution in [0.5, 0.6) is 0 Å². The maximum absolute atomic E-state index is 13.5. The van der Waals surface area contributed by atoms with Crippen molar-refractivity contribution in [2.75, 3.05) is 16.8 Å². The van der Waals surface area contributed by atoms with E-state index >= 15 is 0 Å². The summed E-state index contributed by atoms with van der Waals surface area (Å²) in [7, 11) is 0. The molecule has 0 unspecified atom stereocenters. The van der Waals surface area contributed by atoms with Crippen LogP contribution in [0.4, 0.5) is 10.1 Å². The van der Waals surface area contributed by atoms with Crippen LogP contribution < -0.4 is 11.1 Å². The van der Waals surface area contributed by atoms with Gasteiger partial charge in [0.25, 0.3) is 0 Å². The molecule has 2 rings (SSSR count). The zero-order valence-corrected chi connectivity index (χ0v) is 13.8. The van der Waals surface area contributed by atoms with E-state index in [1.54, 1.807) is 36.4 Å². The summed E-state index contributed by atoms with van der Waals surface area (Å²) >= 11 is 2.39. The lowest BCUT2D eigenvalue weighted by atomic mass is 10.3. The Balaban J connectivity index is 1.95. The van der Waals surface area contributed by atoms with Gasteiger partial charge in [-0.2, -0.15) is 0 Å². The predicted octanol–water partition coefficient (Wildman–Crippen LogP) is 3.13. The Morgan fingerprint density at radius 3 is 2.26 bits per heavy atom. The zero-order valence-electron chi connectivity index (χ0n) is 12.1. The molecule has 4 nitrogen and oxygen atoms in total. The highest BCUT2D eigenvalue weighted by molar-refractivity contribution is 8.00. The first-order chi connectivity index (χ1) is 11.1. The molecule has 0 saturated carbocycles. The van der Waals surface area contributed by atoms with E-state index in [0.29, 0.717) is 10.6 Å². The number of thioether (sulfide) groups is 2. The van der Waals surface area contributed by atoms with Crippen molar-refractivity contribution in [3.05, 3.63) is 54.3 Å². The molecule has 0 aliphatic rings. The number of hydrogen-bond donors (Lipinski definition) is 2. The fourth-order valence-corrected chi connectivity index (χ4v) is 3.22. The number of carbonyl (C=O) groups excluding carboxylic acids is 2. The van der Waals surface area contributed by atoms with Gasteiger partial charge in [0.15, 0.2) is 0 Å². The summed E-state index contributed by atoms with van der Waals surface area (Å²) in [6.07, 6.45) is 0. The summed E-state index contributed by atoms with van der Waals surface area (Å²) in [5.74, 6) is -0.786. The molecule has 2 aromatic carbocycles. The van der Waals surface area contributed by atoms with Gasteiger partial charge >= 0.3 is 0 Å². The molecule has 2 amide bonds. The lowest BCUT2D eigenvalue weighted by Gasteiger charge is -2.10. The highest BCUT2D eigenvalue weighted by Gasteiger charge is 2.10. The Bertz CT molecular complexity index is 710. The minimum atomic E-state index is -0.425. The van der Waals surface area contributed by atoms with Crippen molar-refractivity contribution < 1.29 is 14.0 Å². The van der Waals surface area contributed by atoms with Crippen LogP contribution in [0.3, 0.4) is 0 Å². The summed E-state index contributed by atoms with van der Waals surface area (Å²) < 4.78 is 13.5. The third-order valence-electron chi connectivity index (χ3n) is 2.73. The fourth-order valence-electron chi connectivity index (χ4n) is 1.74. The quantitative estimate of drug-likeness (QED) is 0.753. The monoisotopic (exact) mass is 350 g/mol. The van der Waals surface area contributed by atoms with Crippen LogP contribution in [0.25, 0.3) is 0 Å². The molecule has 7 heteroatoms. The van der Waals surface area contributed by atoms with Crippen molar-refractivity contribution in [1.29, 1.82) is 0 Å². The van der Waals surface area contributed by atoms with E-state index in [-0.39, 0.29) is 23.2 Å². The summed E-state index contributed by atoms with van der Waals surface area (Å²) in [5.41, 5.74) is 5.74. The van der Waals surface area contributed by atoms with Crippen LogP contribution in [-0.2, 0) is 9.59 Å². The molecule has 0 aliphatic heterocycles. The average Bonchev–Trinajstić information content (AvgIpc) is 2.53. The van der Waals surface area contributed by atoms with E-state index in [2.05, 4.69) is 5.32 Å². The normalized spacial score (nSPS) is 10.3. The molecule has 0 bridgehead atoms. The molecule has 0 radical (unpaired) electrons. The Morgan fingerprint density at radius 1 is 0.957 bits per heavy atom. The summed E-state index contributed by atoms with van der Waals surface area (Å²) in [4.78, 5) is 24.1. The SMILES string of the molecule is NC(=O)CSc1ccccc1NC(=O)CSc1ccccc1F. The van der Waals surface area contributed by atoms with E-state index in [1.807, 2.05) is 6.07 Å². The highest BCUT2D eigenvalue weighted by atomic mass is 32.2. The van der Waals surface area contributed by atoms with Crippen LogP contribution in [0.1, 0.15) is 0 Å². The maximum Gasteiger partial charge on any atom is 0.234 e. The number of nitrogens with one attached hydrogen (secondary N) is 1. The van der Waals surface area contributed by atoms with Crippen molar-refractivity contribution in [2.24, 2.45) is 5.73 Å². The molecule has 23 heavy (non-hydrogen) atoms. The Labute approximate surface area is 142 Å². The third-order valence-corrected chi connectivity index (χ3v) is 4.87. The summed E-state index contributed by atoms with van der Waals surface area (Å²) in [6, 6.07) is 13.5. The van der Waals surface area contributed by atoms with Crippen molar-refractivity contribution in [2.45, 2.75) is 9.79 Å². The molecule has 2 aromatic rings. The average molecular weight is 350 g/mol. The van der Waals surface area contributed by atoms with E-state index < -0.39 is 5.91 Å². The Kier molecular flexibility index (Phi) is 6.49. The molecule has 120 valence electrons. The molecule has 0 heterocycles. The number of benzene rings is 2. The minimum Gasteiger partial charge on any atom is -0.369 e. The predicted molar refractivity (Wildman–Crippen MR) is 92.1 cm³/mol. The van der Waals surface area contributed by atoms with Crippen molar-refractivity contribution in [3.8, 4) is 0 Å². The van der Waals surface area contributed by atoms with Gasteiger partial charge in [0, 0.05) is 9.79 Å². The minimum absolute atomic E-state index is 0.0930. The zero-order chi connectivity index (χ0) is 16.7. The van der Waals surface area contributed by atoms with E-state index in [9.17, 15) is 14.0 Å². The number of para-hydroxylation sites is 1. The van der Waals surface area contributed by atoms with Gasteiger partial charge in [-0.3, -0.25) is 9.59 Å². The maximum atomic E-state index is 13.5. The second-order valence-electron chi connectivity index (χ2n) is 4.52. The molecule has 0 spiro atoms. The lowest BCUT2D eigenvalue weighted by molar-refractivity contribution is -0.115. The second-order valence-corrected chi connectivity index (χ2v) is 6.55. The molecule has 0 atom stereocenters. The molecule has 0 aromatic heterocycles. The van der Waals surface area contributed by atoms with Crippen LogP contribution in [0.15, 0.2) is 58.3 Å². The first-order valence-corrected chi connectivity index (χ1v) is 8.70. The lowest BCUT2D eigenvalue weighted by Crippen LogP contribution is -2.16. The van der Waals surface area contributed by atoms with Gasteiger partial charge in [-0.05, 0) is 24.3 Å². The first kappa shape index (κ1) is 17.4. The number of amides is 2.